The summed E-state index contributed by atoms with van der Waals surface area (Å²) in [5.74, 6) is 0.201. The lowest BCUT2D eigenvalue weighted by molar-refractivity contribution is -0.129. The molecule has 0 saturated heterocycles. The van der Waals surface area contributed by atoms with Crippen LogP contribution in [0.25, 0.3) is 15.2 Å². The molecule has 1 N–H and O–H groups in total. The first kappa shape index (κ1) is 34.0. The van der Waals surface area contributed by atoms with Crippen molar-refractivity contribution >= 4 is 40.4 Å². The number of nitrogens with zero attached hydrogens (tertiary/aromatic N) is 5. The van der Waals surface area contributed by atoms with Gasteiger partial charge < -0.3 is 14.2 Å². The number of aryl methyl sites for hydroxylation is 3. The molecule has 0 spiro atoms. The molecule has 0 aliphatic carbocycles. The Bertz CT molecular complexity index is 1680. The van der Waals surface area contributed by atoms with Gasteiger partial charge in [0.15, 0.2) is 0 Å². The fraction of sp³-hybridized carbons (Fsp3) is 0.483. The minimum Gasteiger partial charge on any atom is -0.496 e. The Morgan fingerprint density at radius 3 is 2.35 bits per heavy atom. The van der Waals surface area contributed by atoms with E-state index in [4.69, 9.17) is 4.74 Å². The lowest BCUT2D eigenvalue weighted by Crippen LogP contribution is -2.56. The molecule has 0 radical (unpaired) electrons. The van der Waals surface area contributed by atoms with Gasteiger partial charge in [0.2, 0.25) is 5.91 Å². The van der Waals surface area contributed by atoms with Gasteiger partial charge in [-0.1, -0.05) is 25.2 Å². The third-order valence-corrected chi connectivity index (χ3v) is 8.01. The summed E-state index contributed by atoms with van der Waals surface area (Å²) in [6, 6.07) is 4.00. The molecule has 3 heterocycles. The van der Waals surface area contributed by atoms with Crippen molar-refractivity contribution in [3.63, 3.8) is 0 Å². The molecule has 0 saturated carbocycles. The first-order valence-electron chi connectivity index (χ1n) is 13.8. The van der Waals surface area contributed by atoms with Crippen LogP contribution in [0.3, 0.4) is 0 Å². The van der Waals surface area contributed by atoms with Crippen molar-refractivity contribution in [2.75, 3.05) is 13.7 Å². The molecule has 234 valence electrons. The van der Waals surface area contributed by atoms with Gasteiger partial charge in [-0.25, -0.2) is 13.8 Å². The molecule has 0 atom stereocenters. The number of ether oxygens (including phenoxy) is 1. The van der Waals surface area contributed by atoms with Crippen molar-refractivity contribution < 1.29 is 18.1 Å². The number of halogens is 1. The van der Waals surface area contributed by atoms with E-state index in [0.29, 0.717) is 38.0 Å². The average Bonchev–Trinajstić information content (AvgIpc) is 3.56. The Morgan fingerprint density at radius 2 is 1.81 bits per heavy atom. The molecule has 0 bridgehead atoms. The van der Waals surface area contributed by atoms with E-state index in [2.05, 4.69) is 46.5 Å². The van der Waals surface area contributed by atoms with E-state index in [9.17, 15) is 18.8 Å². The maximum atomic E-state index is 14.0. The highest BCUT2D eigenvalue weighted by atomic mass is 32.1. The zero-order chi connectivity index (χ0) is 32.1. The Kier molecular flexibility index (Phi) is 11.3. The van der Waals surface area contributed by atoms with Gasteiger partial charge in [-0.15, -0.1) is 4.80 Å². The number of carbonyl (C=O) groups is 1. The summed E-state index contributed by atoms with van der Waals surface area (Å²) < 4.78 is 26.3. The zero-order valence-corrected chi connectivity index (χ0v) is 27.4. The highest BCUT2D eigenvalue weighted by molar-refractivity contribution is 7.75. The van der Waals surface area contributed by atoms with E-state index in [1.165, 1.54) is 72.3 Å². The number of nitrogens with one attached hydrogen (secondary N) is 1. The van der Waals surface area contributed by atoms with Gasteiger partial charge in [0.05, 0.1) is 31.5 Å². The smallest absolute Gasteiger partial charge is 0.333 e. The summed E-state index contributed by atoms with van der Waals surface area (Å²) in [6.07, 6.45) is 3.29. The van der Waals surface area contributed by atoms with Crippen LogP contribution in [-0.2, 0) is 27.5 Å². The third kappa shape index (κ3) is 7.54. The second-order valence-corrected chi connectivity index (χ2v) is 12.4. The van der Waals surface area contributed by atoms with Crippen LogP contribution < -0.4 is 21.3 Å². The summed E-state index contributed by atoms with van der Waals surface area (Å²) in [4.78, 5) is 42.6. The van der Waals surface area contributed by atoms with Crippen molar-refractivity contribution in [1.82, 2.24) is 29.4 Å². The molecule has 43 heavy (non-hydrogen) atoms. The number of methoxy groups -OCH3 is 1. The maximum absolute atomic E-state index is 14.0. The SMILES string of the molecule is CC(C)COS.COc1ccc(F)cc1CCn1c(=O)n(C(C)(C)C(=O)NC(C)C)c(=O)c2c(C)c(-n3nccn3)sc21. The lowest BCUT2D eigenvalue weighted by atomic mass is 10.0. The number of benzene rings is 1. The molecule has 0 fully saturated rings. The number of rotatable bonds is 10. The molecule has 0 unspecified atom stereocenters. The van der Waals surface area contributed by atoms with Crippen LogP contribution in [0.4, 0.5) is 4.39 Å². The van der Waals surface area contributed by atoms with Crippen molar-refractivity contribution in [2.45, 2.75) is 73.0 Å². The van der Waals surface area contributed by atoms with E-state index >= 15 is 0 Å². The highest BCUT2D eigenvalue weighted by Crippen LogP contribution is 2.31. The molecular formula is C29H39FN6O5S2. The summed E-state index contributed by atoms with van der Waals surface area (Å²) in [7, 11) is 1.49. The van der Waals surface area contributed by atoms with Gasteiger partial charge in [-0.2, -0.15) is 10.2 Å². The molecular weight excluding hydrogens is 595 g/mol. The first-order valence-corrected chi connectivity index (χ1v) is 15.0. The zero-order valence-electron chi connectivity index (χ0n) is 25.7. The van der Waals surface area contributed by atoms with E-state index in [0.717, 1.165) is 11.2 Å². The number of carbonyl (C=O) groups excluding carboxylic acids is 1. The Morgan fingerprint density at radius 1 is 1.16 bits per heavy atom. The summed E-state index contributed by atoms with van der Waals surface area (Å²) in [6.45, 7) is 13.5. The Balaban J connectivity index is 0.000000765. The number of hydrogen-bond acceptors (Lipinski definition) is 9. The monoisotopic (exact) mass is 634 g/mol. The van der Waals surface area contributed by atoms with Gasteiger partial charge in [0.1, 0.15) is 26.9 Å². The van der Waals surface area contributed by atoms with Crippen molar-refractivity contribution in [3.05, 3.63) is 68.4 Å². The largest absolute Gasteiger partial charge is 0.496 e. The Hall–Kier alpha value is -3.49. The third-order valence-electron chi connectivity index (χ3n) is 6.58. The van der Waals surface area contributed by atoms with Crippen molar-refractivity contribution in [2.24, 2.45) is 5.92 Å². The predicted molar refractivity (Wildman–Crippen MR) is 169 cm³/mol. The molecule has 11 nitrogen and oxygen atoms in total. The van der Waals surface area contributed by atoms with E-state index in [-0.39, 0.29) is 19.0 Å². The van der Waals surface area contributed by atoms with Crippen LogP contribution in [0, 0.1) is 18.7 Å². The molecule has 1 amide bonds. The molecule has 4 aromatic rings. The van der Waals surface area contributed by atoms with Crippen LogP contribution >= 0.6 is 24.2 Å². The van der Waals surface area contributed by atoms with Crippen molar-refractivity contribution in [1.29, 1.82) is 0 Å². The van der Waals surface area contributed by atoms with Crippen LogP contribution in [-0.4, -0.2) is 49.8 Å². The van der Waals surface area contributed by atoms with Crippen LogP contribution in [0.5, 0.6) is 5.75 Å². The standard InChI is InChI=1S/C25H29FN6O4S.C4H10OS/c1-14(2)29-23(34)25(4,5)31-20(33)19-15(3)21(32-27-10-11-28-32)37-22(19)30(24(31)35)12-9-16-13-17(26)7-8-18(16)36-6;1-4(2)3-5-6/h7-8,10-11,13-14H,9,12H2,1-6H3,(H,29,34);4,6H,3H2,1-2H3. The highest BCUT2D eigenvalue weighted by Gasteiger charge is 2.35. The quantitative estimate of drug-likeness (QED) is 0.197. The fourth-order valence-electron chi connectivity index (χ4n) is 4.40. The maximum Gasteiger partial charge on any atom is 0.333 e. The molecule has 3 aromatic heterocycles. The molecule has 0 aliphatic heterocycles. The van der Waals surface area contributed by atoms with E-state index in [1.807, 2.05) is 0 Å². The normalized spacial score (nSPS) is 11.6. The lowest BCUT2D eigenvalue weighted by Gasteiger charge is -2.27. The Labute approximate surface area is 259 Å². The van der Waals surface area contributed by atoms with Crippen LogP contribution in [0.2, 0.25) is 0 Å². The van der Waals surface area contributed by atoms with E-state index < -0.39 is 28.5 Å². The molecule has 14 heteroatoms. The number of thiol groups is 1. The number of thiophene rings is 1. The second-order valence-electron chi connectivity index (χ2n) is 11.2. The van der Waals surface area contributed by atoms with Crippen molar-refractivity contribution in [3.8, 4) is 10.8 Å². The number of amides is 1. The second kappa shape index (κ2) is 14.3. The minimum atomic E-state index is -1.48. The predicted octanol–water partition coefficient (Wildman–Crippen LogP) is 4.27. The fourth-order valence-corrected chi connectivity index (χ4v) is 5.93. The topological polar surface area (TPSA) is 122 Å². The summed E-state index contributed by atoms with van der Waals surface area (Å²) in [5.41, 5.74) is -1.54. The van der Waals surface area contributed by atoms with Gasteiger partial charge in [0, 0.05) is 18.2 Å². The van der Waals surface area contributed by atoms with Gasteiger partial charge >= 0.3 is 5.69 Å². The van der Waals surface area contributed by atoms with Crippen LogP contribution in [0.1, 0.15) is 52.7 Å². The van der Waals surface area contributed by atoms with Crippen LogP contribution in [0.15, 0.2) is 40.2 Å². The average molecular weight is 635 g/mol. The number of hydrogen-bond donors (Lipinski definition) is 2. The molecule has 4 rings (SSSR count). The van der Waals surface area contributed by atoms with Gasteiger partial charge in [-0.05, 0) is 83.6 Å². The van der Waals surface area contributed by atoms with Gasteiger partial charge in [-0.3, -0.25) is 14.2 Å². The summed E-state index contributed by atoms with van der Waals surface area (Å²) >= 11 is 4.76. The van der Waals surface area contributed by atoms with E-state index in [1.54, 1.807) is 20.8 Å². The number of aromatic nitrogens is 5. The molecule has 1 aromatic carbocycles. The first-order chi connectivity index (χ1) is 20.2. The minimum absolute atomic E-state index is 0.114. The van der Waals surface area contributed by atoms with Gasteiger partial charge in [0.25, 0.3) is 5.56 Å². The molecule has 0 aliphatic rings. The summed E-state index contributed by atoms with van der Waals surface area (Å²) in [5, 5.41) is 12.0. The number of fused-ring (bicyclic) bond motifs is 1.